The molecule has 2 N–H and O–H groups in total. The van der Waals surface area contributed by atoms with Gasteiger partial charge < -0.3 is 20.1 Å². The van der Waals surface area contributed by atoms with Gasteiger partial charge in [0.2, 0.25) is 5.91 Å². The Morgan fingerprint density at radius 3 is 2.00 bits per heavy atom. The molecule has 3 rings (SSSR count). The average Bonchev–Trinajstić information content (AvgIpc) is 3.09. The summed E-state index contributed by atoms with van der Waals surface area (Å²) < 4.78 is 5.61. The maximum atomic E-state index is 12.7. The second-order valence-electron chi connectivity index (χ2n) is 9.03. The SMILES string of the molecule is CC(C)[C@H](CC(=O)N(CC(=O)O)C(C)C)NC(=O)OCC1c2ccccc2-c2ccccc21. The van der Waals surface area contributed by atoms with Crippen LogP contribution in [0.3, 0.4) is 0 Å². The van der Waals surface area contributed by atoms with E-state index in [2.05, 4.69) is 29.6 Å². The molecule has 33 heavy (non-hydrogen) atoms. The molecule has 0 fully saturated rings. The zero-order chi connectivity index (χ0) is 24.1. The third kappa shape index (κ3) is 5.72. The van der Waals surface area contributed by atoms with Gasteiger partial charge in [-0.2, -0.15) is 0 Å². The molecule has 0 radical (unpaired) electrons. The normalized spacial score (nSPS) is 13.4. The van der Waals surface area contributed by atoms with E-state index < -0.39 is 18.1 Å². The Bertz CT molecular complexity index is 972. The van der Waals surface area contributed by atoms with Crippen molar-refractivity contribution in [1.29, 1.82) is 0 Å². The van der Waals surface area contributed by atoms with Crippen molar-refractivity contribution in [1.82, 2.24) is 10.2 Å². The number of aliphatic carboxylic acids is 1. The lowest BCUT2D eigenvalue weighted by Crippen LogP contribution is -2.46. The first-order valence-electron chi connectivity index (χ1n) is 11.3. The molecule has 176 valence electrons. The van der Waals surface area contributed by atoms with Gasteiger partial charge in [-0.1, -0.05) is 62.4 Å². The maximum Gasteiger partial charge on any atom is 0.407 e. The lowest BCUT2D eigenvalue weighted by atomic mass is 9.98. The first kappa shape index (κ1) is 24.3. The molecule has 7 nitrogen and oxygen atoms in total. The van der Waals surface area contributed by atoms with E-state index in [9.17, 15) is 14.4 Å². The van der Waals surface area contributed by atoms with Crippen molar-refractivity contribution in [3.63, 3.8) is 0 Å². The lowest BCUT2D eigenvalue weighted by molar-refractivity contribution is -0.146. The van der Waals surface area contributed by atoms with Crippen LogP contribution in [0.25, 0.3) is 11.1 Å². The molecule has 0 spiro atoms. The number of amides is 2. The number of nitrogens with one attached hydrogen (secondary N) is 1. The molecule has 1 aliphatic carbocycles. The van der Waals surface area contributed by atoms with Crippen LogP contribution in [0.4, 0.5) is 4.79 Å². The van der Waals surface area contributed by atoms with Crippen molar-refractivity contribution in [2.24, 2.45) is 5.92 Å². The van der Waals surface area contributed by atoms with Crippen LogP contribution in [-0.4, -0.2) is 53.2 Å². The van der Waals surface area contributed by atoms with Crippen molar-refractivity contribution < 1.29 is 24.2 Å². The van der Waals surface area contributed by atoms with Crippen LogP contribution in [0, 0.1) is 5.92 Å². The van der Waals surface area contributed by atoms with E-state index in [4.69, 9.17) is 9.84 Å². The first-order valence-corrected chi connectivity index (χ1v) is 11.3. The molecule has 2 amide bonds. The van der Waals surface area contributed by atoms with Gasteiger partial charge in [-0.3, -0.25) is 9.59 Å². The van der Waals surface area contributed by atoms with Crippen LogP contribution in [0.15, 0.2) is 48.5 Å². The predicted molar refractivity (Wildman–Crippen MR) is 126 cm³/mol. The fourth-order valence-corrected chi connectivity index (χ4v) is 4.25. The van der Waals surface area contributed by atoms with E-state index in [-0.39, 0.29) is 43.4 Å². The van der Waals surface area contributed by atoms with Gasteiger partial charge in [-0.15, -0.1) is 0 Å². The van der Waals surface area contributed by atoms with Crippen molar-refractivity contribution >= 4 is 18.0 Å². The van der Waals surface area contributed by atoms with E-state index >= 15 is 0 Å². The van der Waals surface area contributed by atoms with Crippen LogP contribution in [-0.2, 0) is 14.3 Å². The molecular formula is C26H32N2O5. The molecule has 1 aliphatic rings. The number of nitrogens with zero attached hydrogens (tertiary/aromatic N) is 1. The molecule has 0 bridgehead atoms. The summed E-state index contributed by atoms with van der Waals surface area (Å²) in [4.78, 5) is 37.8. The van der Waals surface area contributed by atoms with E-state index in [0.29, 0.717) is 0 Å². The molecule has 7 heteroatoms. The lowest BCUT2D eigenvalue weighted by Gasteiger charge is -2.29. The number of carbonyl (C=O) groups excluding carboxylic acids is 2. The zero-order valence-corrected chi connectivity index (χ0v) is 19.6. The Morgan fingerprint density at radius 1 is 0.970 bits per heavy atom. The minimum atomic E-state index is -1.07. The number of carbonyl (C=O) groups is 3. The molecule has 2 aromatic rings. The fraction of sp³-hybridized carbons (Fsp3) is 0.423. The van der Waals surface area contributed by atoms with E-state index in [0.717, 1.165) is 22.3 Å². The van der Waals surface area contributed by atoms with Gasteiger partial charge in [-0.05, 0) is 42.0 Å². The Balaban J connectivity index is 1.64. The summed E-state index contributed by atoms with van der Waals surface area (Å²) >= 11 is 0. The number of hydrogen-bond donors (Lipinski definition) is 2. The van der Waals surface area contributed by atoms with Gasteiger partial charge in [0.05, 0.1) is 0 Å². The predicted octanol–water partition coefficient (Wildman–Crippen LogP) is 4.26. The maximum absolute atomic E-state index is 12.7. The highest BCUT2D eigenvalue weighted by atomic mass is 16.5. The molecule has 0 unspecified atom stereocenters. The summed E-state index contributed by atoms with van der Waals surface area (Å²) in [6.45, 7) is 7.16. The molecule has 2 aromatic carbocycles. The summed E-state index contributed by atoms with van der Waals surface area (Å²) in [7, 11) is 0. The van der Waals surface area contributed by atoms with Gasteiger partial charge in [0.1, 0.15) is 13.2 Å². The quantitative estimate of drug-likeness (QED) is 0.593. The highest BCUT2D eigenvalue weighted by molar-refractivity contribution is 5.82. The largest absolute Gasteiger partial charge is 0.480 e. The summed E-state index contributed by atoms with van der Waals surface area (Å²) in [6.07, 6.45) is -0.578. The summed E-state index contributed by atoms with van der Waals surface area (Å²) in [5.74, 6) is -1.46. The van der Waals surface area contributed by atoms with Crippen LogP contribution < -0.4 is 5.32 Å². The summed E-state index contributed by atoms with van der Waals surface area (Å²) in [5, 5.41) is 11.9. The number of carboxylic acid groups (broad SMARTS) is 1. The van der Waals surface area contributed by atoms with Gasteiger partial charge in [0.25, 0.3) is 0 Å². The zero-order valence-electron chi connectivity index (χ0n) is 19.6. The van der Waals surface area contributed by atoms with Crippen molar-refractivity contribution in [2.45, 2.75) is 52.1 Å². The second kappa shape index (κ2) is 10.5. The monoisotopic (exact) mass is 452 g/mol. The number of rotatable bonds is 9. The van der Waals surface area contributed by atoms with Crippen molar-refractivity contribution in [3.8, 4) is 11.1 Å². The molecule has 0 saturated heterocycles. The molecule has 1 atom stereocenters. The molecule has 0 heterocycles. The fourth-order valence-electron chi connectivity index (χ4n) is 4.25. The summed E-state index contributed by atoms with van der Waals surface area (Å²) in [6, 6.07) is 15.5. The average molecular weight is 453 g/mol. The third-order valence-corrected chi connectivity index (χ3v) is 6.10. The van der Waals surface area contributed by atoms with Gasteiger partial charge >= 0.3 is 12.1 Å². The highest BCUT2D eigenvalue weighted by Gasteiger charge is 2.30. The number of carboxylic acids is 1. The minimum Gasteiger partial charge on any atom is -0.480 e. The first-order chi connectivity index (χ1) is 15.7. The third-order valence-electron chi connectivity index (χ3n) is 6.10. The number of fused-ring (bicyclic) bond motifs is 3. The molecular weight excluding hydrogens is 420 g/mol. The standard InChI is InChI=1S/C26H32N2O5/c1-16(2)23(13-24(29)28(17(3)4)14-25(30)31)27-26(32)33-15-22-20-11-7-5-9-18(20)19-10-6-8-12-21(19)22/h5-12,16-17,22-23H,13-15H2,1-4H3,(H,27,32)(H,30,31)/t23-/m0/s1. The van der Waals surface area contributed by atoms with Crippen LogP contribution >= 0.6 is 0 Å². The topological polar surface area (TPSA) is 95.9 Å². The number of hydrogen-bond acceptors (Lipinski definition) is 4. The van der Waals surface area contributed by atoms with Crippen LogP contribution in [0.1, 0.15) is 51.2 Å². The molecule has 0 aliphatic heterocycles. The Hall–Kier alpha value is -3.35. The smallest absolute Gasteiger partial charge is 0.407 e. The summed E-state index contributed by atoms with van der Waals surface area (Å²) in [5.41, 5.74) is 4.56. The molecule has 0 saturated carbocycles. The van der Waals surface area contributed by atoms with Crippen molar-refractivity contribution in [3.05, 3.63) is 59.7 Å². The second-order valence-corrected chi connectivity index (χ2v) is 9.03. The highest BCUT2D eigenvalue weighted by Crippen LogP contribution is 2.44. The van der Waals surface area contributed by atoms with Crippen LogP contribution in [0.2, 0.25) is 0 Å². The minimum absolute atomic E-state index is 0.00726. The van der Waals surface area contributed by atoms with E-state index in [1.165, 1.54) is 4.90 Å². The van der Waals surface area contributed by atoms with Crippen molar-refractivity contribution in [2.75, 3.05) is 13.2 Å². The van der Waals surface area contributed by atoms with Crippen LogP contribution in [0.5, 0.6) is 0 Å². The Kier molecular flexibility index (Phi) is 7.74. The number of ether oxygens (including phenoxy) is 1. The Labute approximate surface area is 194 Å². The molecule has 0 aromatic heterocycles. The van der Waals surface area contributed by atoms with E-state index in [1.807, 2.05) is 38.1 Å². The van der Waals surface area contributed by atoms with E-state index in [1.54, 1.807) is 13.8 Å². The Morgan fingerprint density at radius 2 is 1.52 bits per heavy atom. The number of alkyl carbamates (subject to hydrolysis) is 1. The van der Waals surface area contributed by atoms with Gasteiger partial charge in [-0.25, -0.2) is 4.79 Å². The van der Waals surface area contributed by atoms with Gasteiger partial charge in [0, 0.05) is 24.4 Å². The van der Waals surface area contributed by atoms with Gasteiger partial charge in [0.15, 0.2) is 0 Å². The number of benzene rings is 2.